The molecule has 0 unspecified atom stereocenters. The number of amides is 1. The fraction of sp³-hybridized carbons (Fsp3) is 0.647. The molecule has 1 aliphatic rings. The Labute approximate surface area is 146 Å². The van der Waals surface area contributed by atoms with E-state index in [0.717, 1.165) is 17.7 Å². The van der Waals surface area contributed by atoms with Crippen LogP contribution >= 0.6 is 0 Å². The number of aryl methyl sites for hydroxylation is 2. The van der Waals surface area contributed by atoms with Crippen molar-refractivity contribution in [1.82, 2.24) is 25.1 Å². The summed E-state index contributed by atoms with van der Waals surface area (Å²) in [4.78, 5) is 14.4. The molecule has 1 aliphatic heterocycles. The van der Waals surface area contributed by atoms with Crippen molar-refractivity contribution in [3.8, 4) is 0 Å². The number of β-amino-alcohol motifs (C(OH)–C–C–N with tert-alkyl or cyclic N) is 1. The van der Waals surface area contributed by atoms with Crippen molar-refractivity contribution in [1.29, 1.82) is 0 Å². The summed E-state index contributed by atoms with van der Waals surface area (Å²) in [6.45, 7) is 8.50. The standard InChI is InChI=1S/C17H25N5O3/c1-11(2)22-9-15(18-20-22)17(24)6-5-7-21(10-17)16(23)8-14-12(3)19-25-13(14)4/h9,11,24H,5-8,10H2,1-4H3/t17-/m0/s1. The van der Waals surface area contributed by atoms with Crippen LogP contribution in [0.5, 0.6) is 0 Å². The van der Waals surface area contributed by atoms with Crippen LogP contribution in [0.2, 0.25) is 0 Å². The highest BCUT2D eigenvalue weighted by Gasteiger charge is 2.39. The highest BCUT2D eigenvalue weighted by Crippen LogP contribution is 2.31. The number of carbonyl (C=O) groups is 1. The molecule has 1 atom stereocenters. The van der Waals surface area contributed by atoms with Gasteiger partial charge in [-0.1, -0.05) is 10.4 Å². The van der Waals surface area contributed by atoms with Crippen molar-refractivity contribution in [3.63, 3.8) is 0 Å². The second-order valence-electron chi connectivity index (χ2n) is 7.11. The van der Waals surface area contributed by atoms with Gasteiger partial charge in [0.1, 0.15) is 17.1 Å². The molecule has 8 nitrogen and oxygen atoms in total. The number of piperidine rings is 1. The number of likely N-dealkylation sites (tertiary alicyclic amines) is 1. The summed E-state index contributed by atoms with van der Waals surface area (Å²) in [6, 6.07) is 0.172. The summed E-state index contributed by atoms with van der Waals surface area (Å²) in [6.07, 6.45) is 3.29. The number of hydrogen-bond donors (Lipinski definition) is 1. The van der Waals surface area contributed by atoms with Gasteiger partial charge in [-0.05, 0) is 40.5 Å². The molecule has 2 aromatic heterocycles. The summed E-state index contributed by atoms with van der Waals surface area (Å²) in [5.74, 6) is 0.627. The van der Waals surface area contributed by atoms with Crippen LogP contribution in [0.25, 0.3) is 0 Å². The molecule has 0 saturated carbocycles. The highest BCUT2D eigenvalue weighted by molar-refractivity contribution is 5.79. The molecule has 8 heteroatoms. The van der Waals surface area contributed by atoms with Crippen LogP contribution in [0.1, 0.15) is 55.4 Å². The fourth-order valence-electron chi connectivity index (χ4n) is 3.22. The van der Waals surface area contributed by atoms with E-state index in [1.165, 1.54) is 0 Å². The van der Waals surface area contributed by atoms with Crippen LogP contribution in [0.15, 0.2) is 10.7 Å². The van der Waals surface area contributed by atoms with Crippen LogP contribution in [0, 0.1) is 13.8 Å². The third-order valence-corrected chi connectivity index (χ3v) is 4.85. The molecule has 1 saturated heterocycles. The molecule has 136 valence electrons. The molecule has 1 fully saturated rings. The van der Waals surface area contributed by atoms with Crippen molar-refractivity contribution in [2.75, 3.05) is 13.1 Å². The van der Waals surface area contributed by atoms with Gasteiger partial charge in [-0.2, -0.15) is 0 Å². The Morgan fingerprint density at radius 2 is 2.20 bits per heavy atom. The molecule has 0 aliphatic carbocycles. The maximum atomic E-state index is 12.7. The van der Waals surface area contributed by atoms with Gasteiger partial charge in [-0.15, -0.1) is 5.10 Å². The van der Waals surface area contributed by atoms with Crippen LogP contribution in [-0.4, -0.2) is 49.2 Å². The zero-order valence-electron chi connectivity index (χ0n) is 15.2. The van der Waals surface area contributed by atoms with E-state index in [1.807, 2.05) is 20.8 Å². The van der Waals surface area contributed by atoms with Crippen LogP contribution in [0.4, 0.5) is 0 Å². The first kappa shape index (κ1) is 17.6. The predicted molar refractivity (Wildman–Crippen MR) is 89.8 cm³/mol. The molecule has 1 N–H and O–H groups in total. The number of carbonyl (C=O) groups excluding carboxylic acids is 1. The first-order valence-corrected chi connectivity index (χ1v) is 8.64. The molecule has 25 heavy (non-hydrogen) atoms. The van der Waals surface area contributed by atoms with E-state index in [4.69, 9.17) is 4.52 Å². The minimum absolute atomic E-state index is 0.0382. The number of aromatic nitrogens is 4. The zero-order chi connectivity index (χ0) is 18.2. The molecular weight excluding hydrogens is 322 g/mol. The van der Waals surface area contributed by atoms with E-state index in [9.17, 15) is 9.90 Å². The Hall–Kier alpha value is -2.22. The van der Waals surface area contributed by atoms with E-state index in [1.54, 1.807) is 22.7 Å². The monoisotopic (exact) mass is 347 g/mol. The molecular formula is C17H25N5O3. The zero-order valence-corrected chi connectivity index (χ0v) is 15.2. The molecule has 1 amide bonds. The van der Waals surface area contributed by atoms with Gasteiger partial charge in [-0.25, -0.2) is 4.68 Å². The minimum atomic E-state index is -1.15. The van der Waals surface area contributed by atoms with E-state index in [-0.39, 0.29) is 24.9 Å². The lowest BCUT2D eigenvalue weighted by atomic mass is 9.89. The molecule has 3 heterocycles. The second-order valence-corrected chi connectivity index (χ2v) is 7.11. The molecule has 0 bridgehead atoms. The smallest absolute Gasteiger partial charge is 0.227 e. The predicted octanol–water partition coefficient (Wildman–Crippen LogP) is 1.52. The lowest BCUT2D eigenvalue weighted by Gasteiger charge is -2.38. The summed E-state index contributed by atoms with van der Waals surface area (Å²) in [7, 11) is 0. The molecule has 0 aromatic carbocycles. The summed E-state index contributed by atoms with van der Waals surface area (Å²) < 4.78 is 6.85. The Morgan fingerprint density at radius 1 is 1.44 bits per heavy atom. The van der Waals surface area contributed by atoms with Crippen molar-refractivity contribution in [2.45, 2.75) is 58.6 Å². The van der Waals surface area contributed by atoms with Gasteiger partial charge < -0.3 is 14.5 Å². The molecule has 3 rings (SSSR count). The van der Waals surface area contributed by atoms with Crippen LogP contribution in [0.3, 0.4) is 0 Å². The normalized spacial score (nSPS) is 21.1. The molecule has 0 spiro atoms. The van der Waals surface area contributed by atoms with E-state index in [2.05, 4.69) is 15.5 Å². The van der Waals surface area contributed by atoms with Gasteiger partial charge in [0.25, 0.3) is 0 Å². The topological polar surface area (TPSA) is 97.3 Å². The number of aliphatic hydroxyl groups is 1. The number of hydrogen-bond acceptors (Lipinski definition) is 6. The maximum absolute atomic E-state index is 12.7. The third kappa shape index (κ3) is 3.44. The Bertz CT molecular complexity index is 747. The summed E-state index contributed by atoms with van der Waals surface area (Å²) >= 11 is 0. The Balaban J connectivity index is 1.74. The third-order valence-electron chi connectivity index (χ3n) is 4.85. The van der Waals surface area contributed by atoms with Crippen molar-refractivity contribution in [2.24, 2.45) is 0 Å². The average Bonchev–Trinajstić information content (AvgIpc) is 3.18. The van der Waals surface area contributed by atoms with Crippen molar-refractivity contribution in [3.05, 3.63) is 28.9 Å². The quantitative estimate of drug-likeness (QED) is 0.900. The lowest BCUT2D eigenvalue weighted by molar-refractivity contribution is -0.138. The average molecular weight is 347 g/mol. The van der Waals surface area contributed by atoms with Gasteiger partial charge in [-0.3, -0.25) is 4.79 Å². The van der Waals surface area contributed by atoms with Gasteiger partial charge in [0, 0.05) is 18.2 Å². The largest absolute Gasteiger partial charge is 0.382 e. The van der Waals surface area contributed by atoms with Gasteiger partial charge in [0.05, 0.1) is 24.9 Å². The highest BCUT2D eigenvalue weighted by atomic mass is 16.5. The fourth-order valence-corrected chi connectivity index (χ4v) is 3.22. The van der Waals surface area contributed by atoms with Gasteiger partial charge in [0.15, 0.2) is 0 Å². The van der Waals surface area contributed by atoms with Gasteiger partial charge in [0.2, 0.25) is 5.91 Å². The van der Waals surface area contributed by atoms with E-state index < -0.39 is 5.60 Å². The minimum Gasteiger partial charge on any atom is -0.382 e. The first-order chi connectivity index (χ1) is 11.8. The van der Waals surface area contributed by atoms with E-state index >= 15 is 0 Å². The Morgan fingerprint density at radius 3 is 2.80 bits per heavy atom. The Kier molecular flexibility index (Phi) is 4.64. The number of rotatable bonds is 4. The summed E-state index contributed by atoms with van der Waals surface area (Å²) in [5, 5.41) is 23.1. The van der Waals surface area contributed by atoms with E-state index in [0.29, 0.717) is 24.4 Å². The summed E-state index contributed by atoms with van der Waals surface area (Å²) in [5.41, 5.74) is 0.929. The lowest BCUT2D eigenvalue weighted by Crippen LogP contribution is -2.49. The molecule has 0 radical (unpaired) electrons. The maximum Gasteiger partial charge on any atom is 0.227 e. The van der Waals surface area contributed by atoms with Crippen molar-refractivity contribution < 1.29 is 14.4 Å². The SMILES string of the molecule is Cc1noc(C)c1CC(=O)N1CCC[C@@](O)(c2cn(C(C)C)nn2)C1. The number of nitrogens with zero attached hydrogens (tertiary/aromatic N) is 5. The van der Waals surface area contributed by atoms with Crippen molar-refractivity contribution >= 4 is 5.91 Å². The second kappa shape index (κ2) is 6.59. The van der Waals surface area contributed by atoms with Gasteiger partial charge >= 0.3 is 0 Å². The van der Waals surface area contributed by atoms with Crippen LogP contribution in [-0.2, 0) is 16.8 Å². The molecule has 2 aromatic rings. The first-order valence-electron chi connectivity index (χ1n) is 8.64. The van der Waals surface area contributed by atoms with Crippen LogP contribution < -0.4 is 0 Å².